The molecule has 0 spiro atoms. The molecule has 1 heterocycles. The molecule has 1 nitrogen and oxygen atoms in total. The van der Waals surface area contributed by atoms with Crippen LogP contribution in [0.5, 0.6) is 0 Å². The predicted octanol–water partition coefficient (Wildman–Crippen LogP) is 18.8. The maximum atomic E-state index is 6.44. The molecule has 0 aliphatic carbocycles. The van der Waals surface area contributed by atoms with Gasteiger partial charge < -0.3 is 4.42 Å². The molecule has 58 heavy (non-hydrogen) atoms. The molecular formula is C57H72O. The molecule has 0 fully saturated rings. The average molecular weight is 773 g/mol. The van der Waals surface area contributed by atoms with Crippen molar-refractivity contribution in [1.82, 2.24) is 0 Å². The zero-order chi connectivity index (χ0) is 43.0. The van der Waals surface area contributed by atoms with Crippen LogP contribution in [0, 0.1) is 6.92 Å². The second-order valence-corrected chi connectivity index (χ2v) is 12.6. The van der Waals surface area contributed by atoms with E-state index in [1.807, 2.05) is 76.2 Å². The van der Waals surface area contributed by atoms with E-state index in [1.54, 1.807) is 0 Å². The summed E-state index contributed by atoms with van der Waals surface area (Å²) in [7, 11) is 0. The highest BCUT2D eigenvalue weighted by molar-refractivity contribution is 6.30. The van der Waals surface area contributed by atoms with Crippen molar-refractivity contribution in [3.63, 3.8) is 0 Å². The number of hydrogen-bond acceptors (Lipinski definition) is 1. The van der Waals surface area contributed by atoms with Gasteiger partial charge >= 0.3 is 0 Å². The number of rotatable bonds is 6. The fraction of sp³-hybridized carbons (Fsp3) is 0.298. The summed E-state index contributed by atoms with van der Waals surface area (Å²) < 4.78 is 6.44. The van der Waals surface area contributed by atoms with E-state index in [1.165, 1.54) is 71.1 Å². The van der Waals surface area contributed by atoms with E-state index in [4.69, 9.17) is 4.42 Å². The first-order chi connectivity index (χ1) is 28.6. The van der Waals surface area contributed by atoms with E-state index in [-0.39, 0.29) is 0 Å². The smallest absolute Gasteiger partial charge is 0.143 e. The molecule has 1 heteroatoms. The lowest BCUT2D eigenvalue weighted by Crippen LogP contribution is -1.99. The zero-order valence-electron chi connectivity index (χ0n) is 38.3. The van der Waals surface area contributed by atoms with Crippen molar-refractivity contribution in [3.8, 4) is 11.1 Å². The molecule has 0 radical (unpaired) electrons. The number of fused-ring (bicyclic) bond motifs is 8. The van der Waals surface area contributed by atoms with Gasteiger partial charge in [-0.25, -0.2) is 0 Å². The van der Waals surface area contributed by atoms with Gasteiger partial charge in [0.2, 0.25) is 0 Å². The van der Waals surface area contributed by atoms with Crippen molar-refractivity contribution < 1.29 is 4.42 Å². The average Bonchev–Trinajstić information content (AvgIpc) is 3.68. The van der Waals surface area contributed by atoms with Gasteiger partial charge in [0.1, 0.15) is 11.3 Å². The highest BCUT2D eigenvalue weighted by Crippen LogP contribution is 2.41. The number of benzene rings is 7. The van der Waals surface area contributed by atoms with E-state index < -0.39 is 0 Å². The first-order valence-electron chi connectivity index (χ1n) is 22.2. The number of hydrogen-bond donors (Lipinski definition) is 0. The van der Waals surface area contributed by atoms with Crippen molar-refractivity contribution in [2.24, 2.45) is 0 Å². The number of aryl methyl sites for hydroxylation is 2. The summed E-state index contributed by atoms with van der Waals surface area (Å²) >= 11 is 0. The lowest BCUT2D eigenvalue weighted by atomic mass is 9.87. The van der Waals surface area contributed by atoms with Crippen LogP contribution in [0.2, 0.25) is 0 Å². The summed E-state index contributed by atoms with van der Waals surface area (Å²) in [6.45, 7) is 28.7. The Morgan fingerprint density at radius 2 is 0.983 bits per heavy atom. The third kappa shape index (κ3) is 11.4. The zero-order valence-corrected chi connectivity index (χ0v) is 38.3. The topological polar surface area (TPSA) is 13.1 Å². The van der Waals surface area contributed by atoms with Crippen LogP contribution in [0.3, 0.4) is 0 Å². The van der Waals surface area contributed by atoms with Gasteiger partial charge in [-0.05, 0) is 82.0 Å². The van der Waals surface area contributed by atoms with Gasteiger partial charge in [0, 0.05) is 22.3 Å². The summed E-state index contributed by atoms with van der Waals surface area (Å²) in [4.78, 5) is 0. The molecule has 306 valence electrons. The van der Waals surface area contributed by atoms with Gasteiger partial charge in [-0.1, -0.05) is 234 Å². The fourth-order valence-corrected chi connectivity index (χ4v) is 7.34. The minimum Gasteiger partial charge on any atom is -0.456 e. The predicted molar refractivity (Wildman–Crippen MR) is 265 cm³/mol. The molecule has 0 amide bonds. The molecule has 1 atom stereocenters. The maximum Gasteiger partial charge on any atom is 0.143 e. The van der Waals surface area contributed by atoms with Gasteiger partial charge in [0.05, 0.1) is 0 Å². The third-order valence-corrected chi connectivity index (χ3v) is 9.62. The van der Waals surface area contributed by atoms with Crippen LogP contribution in [0.25, 0.3) is 60.5 Å². The Bertz CT molecular complexity index is 2380. The second-order valence-electron chi connectivity index (χ2n) is 12.6. The molecule has 0 aliphatic rings. The van der Waals surface area contributed by atoms with E-state index in [0.717, 1.165) is 24.2 Å². The lowest BCUT2D eigenvalue weighted by Gasteiger charge is -2.17. The molecule has 8 aromatic rings. The van der Waals surface area contributed by atoms with Crippen LogP contribution >= 0.6 is 0 Å². The number of allylic oxidation sites excluding steroid dienone is 1. The molecule has 0 saturated carbocycles. The molecule has 1 aromatic heterocycles. The SMILES string of the molecule is C/C=C\c1oc2c(ccc3c4ccccc4c4cc(C)ccc4c32)c1CC.CC.CC.CC.CC.CC.CCC(c1ccccc1)c1cccc(-c2ccccc2)c1. The van der Waals surface area contributed by atoms with Gasteiger partial charge in [-0.3, -0.25) is 0 Å². The highest BCUT2D eigenvalue weighted by atomic mass is 16.3. The van der Waals surface area contributed by atoms with E-state index in [0.29, 0.717) is 5.92 Å². The molecule has 1 unspecified atom stereocenters. The summed E-state index contributed by atoms with van der Waals surface area (Å²) in [6.07, 6.45) is 6.21. The minimum atomic E-state index is 0.467. The summed E-state index contributed by atoms with van der Waals surface area (Å²) in [5.74, 6) is 1.45. The van der Waals surface area contributed by atoms with Crippen LogP contribution < -0.4 is 0 Å². The Balaban J connectivity index is 0.000000336. The minimum absolute atomic E-state index is 0.467. The van der Waals surface area contributed by atoms with Gasteiger partial charge in [-0.15, -0.1) is 0 Å². The molecule has 0 N–H and O–H groups in total. The lowest BCUT2D eigenvalue weighted by molar-refractivity contribution is 0.602. The van der Waals surface area contributed by atoms with Gasteiger partial charge in [0.15, 0.2) is 0 Å². The molecule has 0 bridgehead atoms. The standard InChI is InChI=1S/C26H22O.C21H20.5C2H6/c1-4-8-24-17(5-2)22-14-13-20-18-9-6-7-10-19(18)23-15-16(3)11-12-21(23)25(20)26(22)27-24;1-2-21(18-12-7-4-8-13-18)20-15-9-14-19(16-20)17-10-5-3-6-11-17;5*1-2/h4,6-15H,5H2,1-3H3;3-16,21H,2H2,1H3;5*1-2H3/b8-4-;;;;;;. The largest absolute Gasteiger partial charge is 0.456 e. The quantitative estimate of drug-likeness (QED) is 0.153. The van der Waals surface area contributed by atoms with E-state index >= 15 is 0 Å². The van der Waals surface area contributed by atoms with Crippen molar-refractivity contribution in [2.75, 3.05) is 0 Å². The fourth-order valence-electron chi connectivity index (χ4n) is 7.34. The maximum absolute atomic E-state index is 6.44. The van der Waals surface area contributed by atoms with Crippen molar-refractivity contribution in [2.45, 2.75) is 116 Å². The Hall–Kier alpha value is -5.40. The monoisotopic (exact) mass is 773 g/mol. The Morgan fingerprint density at radius 3 is 1.57 bits per heavy atom. The molecule has 8 rings (SSSR count). The van der Waals surface area contributed by atoms with E-state index in [9.17, 15) is 0 Å². The summed E-state index contributed by atoms with van der Waals surface area (Å²) in [5, 5.41) is 8.88. The van der Waals surface area contributed by atoms with Gasteiger partial charge in [-0.2, -0.15) is 0 Å². The van der Waals surface area contributed by atoms with Crippen LogP contribution in [0.1, 0.15) is 130 Å². The first-order valence-corrected chi connectivity index (χ1v) is 22.2. The summed E-state index contributed by atoms with van der Waals surface area (Å²) in [5.41, 5.74) is 8.94. The van der Waals surface area contributed by atoms with Crippen molar-refractivity contribution >= 4 is 49.4 Å². The van der Waals surface area contributed by atoms with Crippen LogP contribution in [0.15, 0.2) is 150 Å². The summed E-state index contributed by atoms with van der Waals surface area (Å²) in [6, 6.07) is 50.3. The normalized spacial score (nSPS) is 10.6. The molecule has 0 aliphatic heterocycles. The van der Waals surface area contributed by atoms with Crippen LogP contribution in [-0.2, 0) is 6.42 Å². The molecular weight excluding hydrogens is 701 g/mol. The van der Waals surface area contributed by atoms with Crippen molar-refractivity contribution in [1.29, 1.82) is 0 Å². The first kappa shape index (κ1) is 48.7. The molecule has 0 saturated heterocycles. The Morgan fingerprint density at radius 1 is 0.483 bits per heavy atom. The molecule has 7 aromatic carbocycles. The van der Waals surface area contributed by atoms with E-state index in [2.05, 4.69) is 172 Å². The number of furan rings is 1. The highest BCUT2D eigenvalue weighted by Gasteiger charge is 2.18. The van der Waals surface area contributed by atoms with Crippen LogP contribution in [-0.4, -0.2) is 0 Å². The second kappa shape index (κ2) is 26.5. The van der Waals surface area contributed by atoms with Crippen LogP contribution in [0.4, 0.5) is 0 Å². The third-order valence-electron chi connectivity index (χ3n) is 9.62. The Kier molecular flexibility index (Phi) is 22.3. The van der Waals surface area contributed by atoms with Crippen molar-refractivity contribution in [3.05, 3.63) is 174 Å². The van der Waals surface area contributed by atoms with Gasteiger partial charge in [0.25, 0.3) is 0 Å². The Labute approximate surface area is 352 Å².